The summed E-state index contributed by atoms with van der Waals surface area (Å²) in [5.41, 5.74) is 0. The summed E-state index contributed by atoms with van der Waals surface area (Å²) in [6, 6.07) is 0.275. The number of hydrogen-bond donors (Lipinski definition) is 1. The van der Waals surface area contributed by atoms with Crippen LogP contribution in [0.1, 0.15) is 64.2 Å². The molecular weight excluding hydrogens is 341 g/mol. The van der Waals surface area contributed by atoms with Gasteiger partial charge in [0.25, 0.3) is 0 Å². The summed E-state index contributed by atoms with van der Waals surface area (Å²) < 4.78 is 5.25. The summed E-state index contributed by atoms with van der Waals surface area (Å²) in [5.74, 6) is 0. The zero-order chi connectivity index (χ0) is 13.2. The van der Waals surface area contributed by atoms with Crippen LogP contribution in [-0.2, 0) is 4.74 Å². The summed E-state index contributed by atoms with van der Waals surface area (Å²) in [6.45, 7) is 0. The predicted octanol–water partition coefficient (Wildman–Crippen LogP) is 4.43. The fourth-order valence-electron chi connectivity index (χ4n) is 2.52. The number of alkyl halides is 1. The van der Waals surface area contributed by atoms with E-state index in [2.05, 4.69) is 27.9 Å². The Morgan fingerprint density at radius 3 is 2.06 bits per heavy atom. The van der Waals surface area contributed by atoms with Gasteiger partial charge in [-0.3, -0.25) is 0 Å². The van der Waals surface area contributed by atoms with Crippen LogP contribution in [0, 0.1) is 0 Å². The highest BCUT2D eigenvalue weighted by molar-refractivity contribution is 14.1. The van der Waals surface area contributed by atoms with Crippen LogP contribution in [0.5, 0.6) is 0 Å². The molecule has 1 aliphatic rings. The minimum Gasteiger partial charge on any atom is -0.453 e. The van der Waals surface area contributed by atoms with E-state index in [4.69, 9.17) is 4.74 Å². The van der Waals surface area contributed by atoms with Crippen LogP contribution in [0.2, 0.25) is 0 Å². The van der Waals surface area contributed by atoms with Gasteiger partial charge in [0.05, 0.1) is 7.11 Å². The third-order valence-electron chi connectivity index (χ3n) is 3.67. The Bertz CT molecular complexity index is 236. The SMILES string of the molecule is COC(=O)NC1CCCCCCCCCCC1I. The molecule has 18 heavy (non-hydrogen) atoms. The summed E-state index contributed by atoms with van der Waals surface area (Å²) in [5, 5.41) is 3.00. The molecule has 1 saturated carbocycles. The van der Waals surface area contributed by atoms with Crippen LogP contribution in [0.15, 0.2) is 0 Å². The Balaban J connectivity index is 2.44. The number of methoxy groups -OCH3 is 1. The van der Waals surface area contributed by atoms with Crippen molar-refractivity contribution >= 4 is 28.7 Å². The fourth-order valence-corrected chi connectivity index (χ4v) is 3.50. The third-order valence-corrected chi connectivity index (χ3v) is 5.16. The van der Waals surface area contributed by atoms with Crippen molar-refractivity contribution < 1.29 is 9.53 Å². The number of ether oxygens (including phenoxy) is 1. The zero-order valence-electron chi connectivity index (χ0n) is 11.4. The van der Waals surface area contributed by atoms with Gasteiger partial charge in [0, 0.05) is 9.97 Å². The summed E-state index contributed by atoms with van der Waals surface area (Å²) >= 11 is 2.49. The first-order chi connectivity index (χ1) is 8.74. The van der Waals surface area contributed by atoms with Crippen molar-refractivity contribution in [1.29, 1.82) is 0 Å². The van der Waals surface area contributed by atoms with Crippen molar-refractivity contribution in [3.05, 3.63) is 0 Å². The molecular formula is C14H26INO2. The molecule has 0 saturated heterocycles. The van der Waals surface area contributed by atoms with Gasteiger partial charge in [-0.05, 0) is 12.8 Å². The minimum atomic E-state index is -0.284. The Hall–Kier alpha value is 0. The van der Waals surface area contributed by atoms with Gasteiger partial charge in [-0.25, -0.2) is 4.79 Å². The maximum absolute atomic E-state index is 11.4. The van der Waals surface area contributed by atoms with Gasteiger partial charge < -0.3 is 10.1 Å². The molecule has 0 bridgehead atoms. The van der Waals surface area contributed by atoms with Crippen molar-refractivity contribution in [2.75, 3.05) is 7.11 Å². The van der Waals surface area contributed by atoms with Gasteiger partial charge >= 0.3 is 6.09 Å². The average Bonchev–Trinajstić information content (AvgIpc) is 2.37. The first-order valence-corrected chi connectivity index (χ1v) is 8.47. The van der Waals surface area contributed by atoms with Crippen LogP contribution in [0.4, 0.5) is 4.79 Å². The highest BCUT2D eigenvalue weighted by Crippen LogP contribution is 2.22. The van der Waals surface area contributed by atoms with Crippen molar-refractivity contribution in [2.45, 2.75) is 74.2 Å². The average molecular weight is 367 g/mol. The first-order valence-electron chi connectivity index (χ1n) is 7.22. The summed E-state index contributed by atoms with van der Waals surface area (Å²) in [7, 11) is 1.44. The van der Waals surface area contributed by atoms with Crippen LogP contribution in [-0.4, -0.2) is 23.2 Å². The molecule has 106 valence electrons. The number of hydrogen-bond acceptors (Lipinski definition) is 2. The molecule has 2 atom stereocenters. The quantitative estimate of drug-likeness (QED) is 0.550. The smallest absolute Gasteiger partial charge is 0.407 e. The van der Waals surface area contributed by atoms with E-state index >= 15 is 0 Å². The van der Waals surface area contributed by atoms with E-state index in [9.17, 15) is 4.79 Å². The Labute approximate surface area is 125 Å². The second-order valence-electron chi connectivity index (χ2n) is 5.16. The number of carbonyl (C=O) groups is 1. The predicted molar refractivity (Wildman–Crippen MR) is 83.3 cm³/mol. The van der Waals surface area contributed by atoms with Crippen LogP contribution in [0.3, 0.4) is 0 Å². The lowest BCUT2D eigenvalue weighted by Crippen LogP contribution is -2.40. The molecule has 0 aromatic rings. The molecule has 1 fully saturated rings. The second-order valence-corrected chi connectivity index (χ2v) is 6.76. The monoisotopic (exact) mass is 367 g/mol. The molecule has 1 amide bonds. The number of halogens is 1. The van der Waals surface area contributed by atoms with Gasteiger partial charge in [0.15, 0.2) is 0 Å². The molecule has 0 aromatic carbocycles. The second kappa shape index (κ2) is 9.87. The topological polar surface area (TPSA) is 38.3 Å². The van der Waals surface area contributed by atoms with Crippen LogP contribution < -0.4 is 5.32 Å². The van der Waals surface area contributed by atoms with Crippen molar-refractivity contribution in [2.24, 2.45) is 0 Å². The maximum atomic E-state index is 11.4. The van der Waals surface area contributed by atoms with E-state index in [0.29, 0.717) is 3.92 Å². The number of alkyl carbamates (subject to hydrolysis) is 1. The largest absolute Gasteiger partial charge is 0.453 e. The summed E-state index contributed by atoms with van der Waals surface area (Å²) in [6.07, 6.45) is 12.6. The minimum absolute atomic E-state index is 0.275. The summed E-state index contributed by atoms with van der Waals surface area (Å²) in [4.78, 5) is 11.4. The van der Waals surface area contributed by atoms with E-state index in [1.165, 1.54) is 64.9 Å². The number of amides is 1. The number of nitrogens with one attached hydrogen (secondary N) is 1. The highest BCUT2D eigenvalue weighted by atomic mass is 127. The lowest BCUT2D eigenvalue weighted by molar-refractivity contribution is 0.165. The van der Waals surface area contributed by atoms with Crippen molar-refractivity contribution in [1.82, 2.24) is 5.32 Å². The molecule has 0 heterocycles. The molecule has 1 rings (SSSR count). The van der Waals surface area contributed by atoms with E-state index in [0.717, 1.165) is 6.42 Å². The Kier molecular flexibility index (Phi) is 8.80. The molecule has 0 aromatic heterocycles. The van der Waals surface area contributed by atoms with Gasteiger partial charge in [-0.15, -0.1) is 0 Å². The molecule has 0 spiro atoms. The van der Waals surface area contributed by atoms with Gasteiger partial charge in [0.1, 0.15) is 0 Å². The van der Waals surface area contributed by atoms with E-state index < -0.39 is 0 Å². The highest BCUT2D eigenvalue weighted by Gasteiger charge is 2.20. The van der Waals surface area contributed by atoms with Gasteiger partial charge in [0.2, 0.25) is 0 Å². The maximum Gasteiger partial charge on any atom is 0.407 e. The Morgan fingerprint density at radius 2 is 1.50 bits per heavy atom. The van der Waals surface area contributed by atoms with E-state index in [1.807, 2.05) is 0 Å². The zero-order valence-corrected chi connectivity index (χ0v) is 13.6. The Morgan fingerprint density at radius 1 is 1.00 bits per heavy atom. The van der Waals surface area contributed by atoms with Gasteiger partial charge in [-0.1, -0.05) is 74.0 Å². The molecule has 2 unspecified atom stereocenters. The van der Waals surface area contributed by atoms with Gasteiger partial charge in [-0.2, -0.15) is 0 Å². The lowest BCUT2D eigenvalue weighted by atomic mass is 9.98. The van der Waals surface area contributed by atoms with Crippen LogP contribution >= 0.6 is 22.6 Å². The van der Waals surface area contributed by atoms with Crippen molar-refractivity contribution in [3.8, 4) is 0 Å². The molecule has 0 radical (unpaired) electrons. The molecule has 1 aliphatic carbocycles. The molecule has 3 nitrogen and oxygen atoms in total. The number of carbonyl (C=O) groups excluding carboxylic acids is 1. The number of rotatable bonds is 1. The fraction of sp³-hybridized carbons (Fsp3) is 0.929. The standard InChI is InChI=1S/C14H26INO2/c1-18-14(17)16-13-11-9-7-5-3-2-4-6-8-10-12(13)15/h12-13H,2-11H2,1H3,(H,16,17). The molecule has 1 N–H and O–H groups in total. The molecule has 4 heteroatoms. The first kappa shape index (κ1) is 16.1. The lowest BCUT2D eigenvalue weighted by Gasteiger charge is -2.24. The molecule has 0 aliphatic heterocycles. The normalized spacial score (nSPS) is 27.7. The van der Waals surface area contributed by atoms with Crippen LogP contribution in [0.25, 0.3) is 0 Å². The van der Waals surface area contributed by atoms with E-state index in [1.54, 1.807) is 0 Å². The van der Waals surface area contributed by atoms with E-state index in [-0.39, 0.29) is 12.1 Å². The van der Waals surface area contributed by atoms with Crippen molar-refractivity contribution in [3.63, 3.8) is 0 Å². The third kappa shape index (κ3) is 6.81.